The Morgan fingerprint density at radius 3 is 2.45 bits per heavy atom. The van der Waals surface area contributed by atoms with Gasteiger partial charge in [-0.1, -0.05) is 39.7 Å². The summed E-state index contributed by atoms with van der Waals surface area (Å²) in [5.74, 6) is -0.0291. The molecule has 2 aromatic carbocycles. The molecule has 0 heterocycles. The highest BCUT2D eigenvalue weighted by Gasteiger charge is 2.13. The van der Waals surface area contributed by atoms with Gasteiger partial charge in [-0.25, -0.2) is 0 Å². The fourth-order valence-corrected chi connectivity index (χ4v) is 2.57. The number of carbonyl (C=O) groups excluding carboxylic acids is 1. The van der Waals surface area contributed by atoms with Gasteiger partial charge in [0.15, 0.2) is 0 Å². The second-order valence-electron chi connectivity index (χ2n) is 4.80. The van der Waals surface area contributed by atoms with Crippen molar-refractivity contribution >= 4 is 33.4 Å². The summed E-state index contributed by atoms with van der Waals surface area (Å²) in [5, 5.41) is 0.588. The first-order valence-corrected chi connectivity index (χ1v) is 7.40. The predicted octanol–water partition coefficient (Wildman–Crippen LogP) is 4.68. The Morgan fingerprint density at radius 1 is 1.20 bits per heavy atom. The smallest absolute Gasteiger partial charge is 0.253 e. The summed E-state index contributed by atoms with van der Waals surface area (Å²) < 4.78 is 1.03. The molecule has 0 N–H and O–H groups in total. The molecule has 0 aliphatic carbocycles. The standard InChI is InChI=1S/C16H15BrClNO/c1-11-7-13(9-15(18)8-11)16(20)19(2)10-12-3-5-14(17)6-4-12/h3-9H,10H2,1-2H3. The van der Waals surface area contributed by atoms with Crippen LogP contribution >= 0.6 is 27.5 Å². The van der Waals surface area contributed by atoms with Crippen LogP contribution in [0, 0.1) is 6.92 Å². The molecule has 0 radical (unpaired) electrons. The lowest BCUT2D eigenvalue weighted by Gasteiger charge is -2.18. The Hall–Kier alpha value is -1.32. The number of carbonyl (C=O) groups is 1. The zero-order valence-electron chi connectivity index (χ0n) is 11.4. The van der Waals surface area contributed by atoms with Gasteiger partial charge in [-0.15, -0.1) is 0 Å². The highest BCUT2D eigenvalue weighted by molar-refractivity contribution is 9.10. The van der Waals surface area contributed by atoms with Crippen molar-refractivity contribution in [1.29, 1.82) is 0 Å². The van der Waals surface area contributed by atoms with Crippen molar-refractivity contribution in [2.75, 3.05) is 7.05 Å². The number of benzene rings is 2. The van der Waals surface area contributed by atoms with E-state index in [1.54, 1.807) is 18.0 Å². The minimum Gasteiger partial charge on any atom is -0.337 e. The topological polar surface area (TPSA) is 20.3 Å². The van der Waals surface area contributed by atoms with E-state index >= 15 is 0 Å². The molecule has 1 amide bonds. The van der Waals surface area contributed by atoms with E-state index in [0.29, 0.717) is 17.1 Å². The largest absolute Gasteiger partial charge is 0.337 e. The maximum Gasteiger partial charge on any atom is 0.253 e. The first-order chi connectivity index (χ1) is 9.45. The molecular formula is C16H15BrClNO. The summed E-state index contributed by atoms with van der Waals surface area (Å²) in [6, 6.07) is 13.3. The predicted molar refractivity (Wildman–Crippen MR) is 86.1 cm³/mol. The summed E-state index contributed by atoms with van der Waals surface area (Å²) in [5.41, 5.74) is 2.69. The van der Waals surface area contributed by atoms with E-state index in [1.807, 2.05) is 43.3 Å². The fraction of sp³-hybridized carbons (Fsp3) is 0.188. The van der Waals surface area contributed by atoms with Crippen LogP contribution < -0.4 is 0 Å². The van der Waals surface area contributed by atoms with Crippen LogP contribution in [0.15, 0.2) is 46.9 Å². The number of hydrogen-bond donors (Lipinski definition) is 0. The second-order valence-corrected chi connectivity index (χ2v) is 6.16. The lowest BCUT2D eigenvalue weighted by Crippen LogP contribution is -2.26. The lowest BCUT2D eigenvalue weighted by molar-refractivity contribution is 0.0785. The third kappa shape index (κ3) is 3.84. The Labute approximate surface area is 132 Å². The van der Waals surface area contributed by atoms with Crippen LogP contribution in [0.5, 0.6) is 0 Å². The number of rotatable bonds is 3. The average molecular weight is 353 g/mol. The van der Waals surface area contributed by atoms with Gasteiger partial charge in [0.05, 0.1) is 0 Å². The molecule has 0 unspecified atom stereocenters. The maximum atomic E-state index is 12.4. The van der Waals surface area contributed by atoms with E-state index in [9.17, 15) is 4.79 Å². The molecule has 0 atom stereocenters. The van der Waals surface area contributed by atoms with Crippen molar-refractivity contribution in [2.45, 2.75) is 13.5 Å². The highest BCUT2D eigenvalue weighted by atomic mass is 79.9. The van der Waals surface area contributed by atoms with Crippen LogP contribution in [0.25, 0.3) is 0 Å². The third-order valence-corrected chi connectivity index (χ3v) is 3.72. The molecule has 20 heavy (non-hydrogen) atoms. The van der Waals surface area contributed by atoms with Crippen LogP contribution in [0.3, 0.4) is 0 Å². The second kappa shape index (κ2) is 6.42. The number of aryl methyl sites for hydroxylation is 1. The fourth-order valence-electron chi connectivity index (χ4n) is 2.02. The Bertz CT molecular complexity index is 605. The molecule has 0 aliphatic rings. The van der Waals surface area contributed by atoms with E-state index < -0.39 is 0 Å². The lowest BCUT2D eigenvalue weighted by atomic mass is 10.1. The van der Waals surface area contributed by atoms with Crippen LogP contribution in [0.2, 0.25) is 5.02 Å². The van der Waals surface area contributed by atoms with E-state index in [1.165, 1.54) is 0 Å². The summed E-state index contributed by atoms with van der Waals surface area (Å²) in [6.45, 7) is 2.50. The van der Waals surface area contributed by atoms with Crippen molar-refractivity contribution in [3.63, 3.8) is 0 Å². The van der Waals surface area contributed by atoms with Gasteiger partial charge in [0, 0.05) is 28.7 Å². The van der Waals surface area contributed by atoms with Crippen molar-refractivity contribution < 1.29 is 4.79 Å². The van der Waals surface area contributed by atoms with Gasteiger partial charge in [-0.05, 0) is 48.4 Å². The zero-order chi connectivity index (χ0) is 14.7. The monoisotopic (exact) mass is 351 g/mol. The van der Waals surface area contributed by atoms with Crippen molar-refractivity contribution in [3.8, 4) is 0 Å². The first-order valence-electron chi connectivity index (χ1n) is 6.23. The van der Waals surface area contributed by atoms with Crippen LogP contribution in [0.1, 0.15) is 21.5 Å². The number of nitrogens with zero attached hydrogens (tertiary/aromatic N) is 1. The van der Waals surface area contributed by atoms with Crippen LogP contribution in [-0.4, -0.2) is 17.9 Å². The Balaban J connectivity index is 2.14. The molecule has 4 heteroatoms. The summed E-state index contributed by atoms with van der Waals surface area (Å²) in [4.78, 5) is 14.1. The summed E-state index contributed by atoms with van der Waals surface area (Å²) in [6.07, 6.45) is 0. The molecule has 0 aliphatic heterocycles. The van der Waals surface area contributed by atoms with Gasteiger partial charge in [-0.3, -0.25) is 4.79 Å². The van der Waals surface area contributed by atoms with E-state index in [0.717, 1.165) is 15.6 Å². The SMILES string of the molecule is Cc1cc(Cl)cc(C(=O)N(C)Cc2ccc(Br)cc2)c1. The van der Waals surface area contributed by atoms with Gasteiger partial charge in [0.2, 0.25) is 0 Å². The minimum atomic E-state index is -0.0291. The molecule has 2 nitrogen and oxygen atoms in total. The third-order valence-electron chi connectivity index (χ3n) is 2.97. The molecule has 0 saturated carbocycles. The van der Waals surface area contributed by atoms with Crippen molar-refractivity contribution in [3.05, 3.63) is 68.7 Å². The molecule has 104 valence electrons. The Kier molecular flexibility index (Phi) is 4.84. The molecular weight excluding hydrogens is 338 g/mol. The molecule has 0 bridgehead atoms. The quantitative estimate of drug-likeness (QED) is 0.785. The van der Waals surface area contributed by atoms with Crippen LogP contribution in [0.4, 0.5) is 0 Å². The van der Waals surface area contributed by atoms with Gasteiger partial charge < -0.3 is 4.90 Å². The van der Waals surface area contributed by atoms with Gasteiger partial charge >= 0.3 is 0 Å². The van der Waals surface area contributed by atoms with Crippen molar-refractivity contribution in [1.82, 2.24) is 4.90 Å². The molecule has 2 aromatic rings. The van der Waals surface area contributed by atoms with Gasteiger partial charge in [0.1, 0.15) is 0 Å². The minimum absolute atomic E-state index is 0.0291. The normalized spacial score (nSPS) is 10.4. The van der Waals surface area contributed by atoms with E-state index in [-0.39, 0.29) is 5.91 Å². The molecule has 0 aromatic heterocycles. The number of halogens is 2. The van der Waals surface area contributed by atoms with E-state index in [2.05, 4.69) is 15.9 Å². The summed E-state index contributed by atoms with van der Waals surface area (Å²) in [7, 11) is 1.79. The first kappa shape index (κ1) is 15.1. The van der Waals surface area contributed by atoms with E-state index in [4.69, 9.17) is 11.6 Å². The maximum absolute atomic E-state index is 12.4. The molecule has 2 rings (SSSR count). The van der Waals surface area contributed by atoms with Gasteiger partial charge in [-0.2, -0.15) is 0 Å². The molecule has 0 saturated heterocycles. The highest BCUT2D eigenvalue weighted by Crippen LogP contribution is 2.17. The number of amides is 1. The van der Waals surface area contributed by atoms with Crippen molar-refractivity contribution in [2.24, 2.45) is 0 Å². The number of hydrogen-bond acceptors (Lipinski definition) is 1. The average Bonchev–Trinajstić information content (AvgIpc) is 2.39. The van der Waals surface area contributed by atoms with Crippen LogP contribution in [-0.2, 0) is 6.54 Å². The Morgan fingerprint density at radius 2 is 1.85 bits per heavy atom. The molecule has 0 fully saturated rings. The summed E-state index contributed by atoms with van der Waals surface area (Å²) >= 11 is 9.40. The molecule has 0 spiro atoms. The van der Waals surface area contributed by atoms with Gasteiger partial charge in [0.25, 0.3) is 5.91 Å². The zero-order valence-corrected chi connectivity index (χ0v) is 13.7.